The SMILES string of the molecule is SCC1(CN2CCc3ccccc32)CCCCC1. The van der Waals surface area contributed by atoms with Crippen LogP contribution in [0, 0.1) is 5.41 Å². The van der Waals surface area contributed by atoms with Crippen LogP contribution in [0.1, 0.15) is 37.7 Å². The van der Waals surface area contributed by atoms with Gasteiger partial charge < -0.3 is 4.90 Å². The minimum absolute atomic E-state index is 0.471. The minimum Gasteiger partial charge on any atom is -0.370 e. The van der Waals surface area contributed by atoms with E-state index in [1.54, 1.807) is 0 Å². The van der Waals surface area contributed by atoms with Crippen molar-refractivity contribution in [3.05, 3.63) is 29.8 Å². The number of hydrogen-bond acceptors (Lipinski definition) is 2. The number of nitrogens with zero attached hydrogens (tertiary/aromatic N) is 1. The average molecular weight is 261 g/mol. The van der Waals surface area contributed by atoms with Crippen molar-refractivity contribution in [1.29, 1.82) is 0 Å². The van der Waals surface area contributed by atoms with Crippen molar-refractivity contribution in [3.8, 4) is 0 Å². The number of fused-ring (bicyclic) bond motifs is 1. The van der Waals surface area contributed by atoms with E-state index in [1.807, 2.05) is 0 Å². The molecule has 1 saturated carbocycles. The second kappa shape index (κ2) is 5.16. The van der Waals surface area contributed by atoms with E-state index < -0.39 is 0 Å². The van der Waals surface area contributed by atoms with E-state index in [1.165, 1.54) is 62.9 Å². The van der Waals surface area contributed by atoms with Crippen molar-refractivity contribution in [2.75, 3.05) is 23.7 Å². The molecule has 1 aliphatic carbocycles. The molecule has 0 spiro atoms. The highest BCUT2D eigenvalue weighted by Crippen LogP contribution is 2.40. The van der Waals surface area contributed by atoms with E-state index in [0.717, 1.165) is 5.75 Å². The molecule has 1 fully saturated rings. The molecule has 18 heavy (non-hydrogen) atoms. The lowest BCUT2D eigenvalue weighted by Crippen LogP contribution is -2.40. The molecule has 0 bridgehead atoms. The monoisotopic (exact) mass is 261 g/mol. The van der Waals surface area contributed by atoms with Crippen molar-refractivity contribution >= 4 is 18.3 Å². The molecule has 0 saturated heterocycles. The van der Waals surface area contributed by atoms with Gasteiger partial charge in [0, 0.05) is 18.8 Å². The highest BCUT2D eigenvalue weighted by atomic mass is 32.1. The lowest BCUT2D eigenvalue weighted by Gasteiger charge is -2.40. The Balaban J connectivity index is 1.77. The zero-order valence-electron chi connectivity index (χ0n) is 11.1. The van der Waals surface area contributed by atoms with Crippen LogP contribution in [-0.4, -0.2) is 18.8 Å². The van der Waals surface area contributed by atoms with Crippen LogP contribution in [0.25, 0.3) is 0 Å². The summed E-state index contributed by atoms with van der Waals surface area (Å²) in [7, 11) is 0. The third-order valence-electron chi connectivity index (χ3n) is 4.76. The zero-order valence-corrected chi connectivity index (χ0v) is 12.0. The first kappa shape index (κ1) is 12.4. The van der Waals surface area contributed by atoms with Crippen LogP contribution >= 0.6 is 12.6 Å². The van der Waals surface area contributed by atoms with Crippen LogP contribution < -0.4 is 4.90 Å². The summed E-state index contributed by atoms with van der Waals surface area (Å²) in [6.07, 6.45) is 8.18. The Labute approximate surface area is 116 Å². The summed E-state index contributed by atoms with van der Waals surface area (Å²) in [5.41, 5.74) is 3.48. The molecule has 0 aromatic heterocycles. The number of benzene rings is 1. The maximum atomic E-state index is 4.67. The van der Waals surface area contributed by atoms with E-state index in [-0.39, 0.29) is 0 Å². The first-order valence-corrected chi connectivity index (χ1v) is 7.90. The summed E-state index contributed by atoms with van der Waals surface area (Å²) >= 11 is 4.67. The standard InChI is InChI=1S/C16H23NS/c18-13-16(9-4-1-5-10-16)12-17-11-8-14-6-2-3-7-15(14)17/h2-3,6-7,18H,1,4-5,8-13H2. The normalized spacial score (nSPS) is 21.9. The Morgan fingerprint density at radius 2 is 1.89 bits per heavy atom. The van der Waals surface area contributed by atoms with Crippen LogP contribution in [0.15, 0.2) is 24.3 Å². The van der Waals surface area contributed by atoms with E-state index >= 15 is 0 Å². The summed E-state index contributed by atoms with van der Waals surface area (Å²) in [5, 5.41) is 0. The van der Waals surface area contributed by atoms with Crippen molar-refractivity contribution in [1.82, 2.24) is 0 Å². The van der Waals surface area contributed by atoms with Crippen molar-refractivity contribution in [2.45, 2.75) is 38.5 Å². The maximum absolute atomic E-state index is 4.67. The molecule has 1 nitrogen and oxygen atoms in total. The van der Waals surface area contributed by atoms with Crippen molar-refractivity contribution < 1.29 is 0 Å². The fourth-order valence-corrected chi connectivity index (χ4v) is 4.06. The van der Waals surface area contributed by atoms with Gasteiger partial charge in [-0.25, -0.2) is 0 Å². The predicted molar refractivity (Wildman–Crippen MR) is 81.7 cm³/mol. The molecule has 0 atom stereocenters. The predicted octanol–water partition coefficient (Wildman–Crippen LogP) is 3.93. The van der Waals surface area contributed by atoms with E-state index in [4.69, 9.17) is 0 Å². The highest BCUT2D eigenvalue weighted by Gasteiger charge is 2.34. The van der Waals surface area contributed by atoms with Gasteiger partial charge in [0.2, 0.25) is 0 Å². The Morgan fingerprint density at radius 1 is 1.11 bits per heavy atom. The van der Waals surface area contributed by atoms with Gasteiger partial charge in [0.25, 0.3) is 0 Å². The second-order valence-electron chi connectivity index (χ2n) is 6.02. The topological polar surface area (TPSA) is 3.24 Å². The summed E-state index contributed by atoms with van der Waals surface area (Å²) in [5.74, 6) is 1.05. The summed E-state index contributed by atoms with van der Waals surface area (Å²) in [4.78, 5) is 2.61. The summed E-state index contributed by atoms with van der Waals surface area (Å²) in [6, 6.07) is 8.91. The average Bonchev–Trinajstić information content (AvgIpc) is 2.83. The minimum atomic E-state index is 0.471. The second-order valence-corrected chi connectivity index (χ2v) is 6.34. The third kappa shape index (κ3) is 2.27. The molecule has 1 heterocycles. The fourth-order valence-electron chi connectivity index (χ4n) is 3.64. The molecule has 0 unspecified atom stereocenters. The van der Waals surface area contributed by atoms with E-state index in [2.05, 4.69) is 41.8 Å². The molecule has 1 aromatic carbocycles. The van der Waals surface area contributed by atoms with Gasteiger partial charge in [0.1, 0.15) is 0 Å². The van der Waals surface area contributed by atoms with Gasteiger partial charge in [-0.2, -0.15) is 12.6 Å². The summed E-state index contributed by atoms with van der Waals surface area (Å²) in [6.45, 7) is 2.42. The molecule has 0 radical (unpaired) electrons. The molecular formula is C16H23NS. The van der Waals surface area contributed by atoms with Gasteiger partial charge >= 0.3 is 0 Å². The van der Waals surface area contributed by atoms with Crippen LogP contribution in [0.5, 0.6) is 0 Å². The van der Waals surface area contributed by atoms with Crippen LogP contribution in [0.4, 0.5) is 5.69 Å². The van der Waals surface area contributed by atoms with Crippen LogP contribution in [0.2, 0.25) is 0 Å². The first-order valence-electron chi connectivity index (χ1n) is 7.27. The van der Waals surface area contributed by atoms with Gasteiger partial charge in [-0.15, -0.1) is 0 Å². The fraction of sp³-hybridized carbons (Fsp3) is 0.625. The number of anilines is 1. The lowest BCUT2D eigenvalue weighted by atomic mass is 9.75. The van der Waals surface area contributed by atoms with Gasteiger partial charge in [0.15, 0.2) is 0 Å². The molecule has 1 aliphatic heterocycles. The molecule has 0 N–H and O–H groups in total. The van der Waals surface area contributed by atoms with E-state index in [0.29, 0.717) is 5.41 Å². The van der Waals surface area contributed by atoms with E-state index in [9.17, 15) is 0 Å². The zero-order chi connectivity index (χ0) is 12.4. The van der Waals surface area contributed by atoms with Gasteiger partial charge in [-0.3, -0.25) is 0 Å². The number of hydrogen-bond donors (Lipinski definition) is 1. The van der Waals surface area contributed by atoms with Crippen LogP contribution in [0.3, 0.4) is 0 Å². The largest absolute Gasteiger partial charge is 0.370 e. The Kier molecular flexibility index (Phi) is 3.56. The first-order chi connectivity index (χ1) is 8.83. The highest BCUT2D eigenvalue weighted by molar-refractivity contribution is 7.80. The van der Waals surface area contributed by atoms with Gasteiger partial charge in [-0.05, 0) is 42.1 Å². The Morgan fingerprint density at radius 3 is 2.67 bits per heavy atom. The quantitative estimate of drug-likeness (QED) is 0.807. The molecule has 1 aromatic rings. The van der Waals surface area contributed by atoms with Crippen molar-refractivity contribution in [3.63, 3.8) is 0 Å². The van der Waals surface area contributed by atoms with Crippen molar-refractivity contribution in [2.24, 2.45) is 5.41 Å². The number of rotatable bonds is 3. The Bertz CT molecular complexity index is 409. The molecule has 2 heteroatoms. The number of para-hydroxylation sites is 1. The van der Waals surface area contributed by atoms with Gasteiger partial charge in [0.05, 0.1) is 0 Å². The molecule has 0 amide bonds. The van der Waals surface area contributed by atoms with Gasteiger partial charge in [-0.1, -0.05) is 37.5 Å². The lowest BCUT2D eigenvalue weighted by molar-refractivity contribution is 0.229. The summed E-state index contributed by atoms with van der Waals surface area (Å²) < 4.78 is 0. The Hall–Kier alpha value is -0.630. The molecule has 3 rings (SSSR count). The molecular weight excluding hydrogens is 238 g/mol. The third-order valence-corrected chi connectivity index (χ3v) is 5.43. The molecule has 98 valence electrons. The molecule has 2 aliphatic rings. The smallest absolute Gasteiger partial charge is 0.0399 e. The van der Waals surface area contributed by atoms with Crippen LogP contribution in [-0.2, 0) is 6.42 Å². The maximum Gasteiger partial charge on any atom is 0.0399 e. The number of thiol groups is 1.